The van der Waals surface area contributed by atoms with Gasteiger partial charge in [-0.1, -0.05) is 24.3 Å². The van der Waals surface area contributed by atoms with Crippen LogP contribution in [0.5, 0.6) is 0 Å². The van der Waals surface area contributed by atoms with Crippen LogP contribution in [0.1, 0.15) is 20.7 Å². The molecule has 1 aromatic heterocycles. The number of primary amides is 1. The number of carboxylic acid groups (broad SMARTS) is 1. The number of aromatic amines is 1. The standard InChI is InChI=1S/C14H10N2O3/c15-13(17)11-9(14(18)19)6-5-8-7-3-1-2-4-10(7)16-12(8)11/h1-6,16H,(H2,15,17)(H,18,19). The minimum atomic E-state index is -1.17. The van der Waals surface area contributed by atoms with Crippen LogP contribution in [0.2, 0.25) is 0 Å². The number of nitrogens with one attached hydrogen (secondary N) is 1. The van der Waals surface area contributed by atoms with Gasteiger partial charge < -0.3 is 15.8 Å². The fourth-order valence-corrected chi connectivity index (χ4v) is 2.35. The number of carbonyl (C=O) groups is 2. The van der Waals surface area contributed by atoms with E-state index in [2.05, 4.69) is 4.98 Å². The Hall–Kier alpha value is -2.82. The van der Waals surface area contributed by atoms with Crippen molar-refractivity contribution in [1.29, 1.82) is 0 Å². The fourth-order valence-electron chi connectivity index (χ4n) is 2.35. The third-order valence-corrected chi connectivity index (χ3v) is 3.16. The van der Waals surface area contributed by atoms with Crippen molar-refractivity contribution in [3.05, 3.63) is 47.5 Å². The van der Waals surface area contributed by atoms with Crippen LogP contribution in [0.4, 0.5) is 0 Å². The molecule has 1 heterocycles. The quantitative estimate of drug-likeness (QED) is 0.653. The number of carbonyl (C=O) groups excluding carboxylic acids is 1. The molecule has 19 heavy (non-hydrogen) atoms. The zero-order chi connectivity index (χ0) is 13.6. The number of hydrogen-bond acceptors (Lipinski definition) is 2. The Morgan fingerprint density at radius 2 is 1.79 bits per heavy atom. The second kappa shape index (κ2) is 3.84. The average molecular weight is 254 g/mol. The van der Waals surface area contributed by atoms with E-state index in [-0.39, 0.29) is 11.1 Å². The normalized spacial score (nSPS) is 10.9. The monoisotopic (exact) mass is 254 g/mol. The van der Waals surface area contributed by atoms with E-state index in [9.17, 15) is 9.59 Å². The number of amides is 1. The molecule has 1 amide bonds. The van der Waals surface area contributed by atoms with Crippen LogP contribution in [0.25, 0.3) is 21.8 Å². The van der Waals surface area contributed by atoms with Crippen molar-refractivity contribution in [2.45, 2.75) is 0 Å². The molecule has 0 aliphatic rings. The van der Waals surface area contributed by atoms with Crippen LogP contribution in [-0.2, 0) is 0 Å². The predicted octanol–water partition coefficient (Wildman–Crippen LogP) is 2.12. The number of fused-ring (bicyclic) bond motifs is 3. The lowest BCUT2D eigenvalue weighted by atomic mass is 10.0. The summed E-state index contributed by atoms with van der Waals surface area (Å²) in [6, 6.07) is 10.6. The van der Waals surface area contributed by atoms with Gasteiger partial charge in [0.25, 0.3) is 5.91 Å². The van der Waals surface area contributed by atoms with Crippen LogP contribution in [0.15, 0.2) is 36.4 Å². The molecule has 0 aliphatic heterocycles. The minimum Gasteiger partial charge on any atom is -0.478 e. The number of carboxylic acids is 1. The molecule has 5 heteroatoms. The molecule has 0 spiro atoms. The summed E-state index contributed by atoms with van der Waals surface area (Å²) in [5, 5.41) is 10.8. The highest BCUT2D eigenvalue weighted by Crippen LogP contribution is 2.29. The topological polar surface area (TPSA) is 96.2 Å². The van der Waals surface area contributed by atoms with Gasteiger partial charge in [-0.05, 0) is 12.1 Å². The van der Waals surface area contributed by atoms with Crippen LogP contribution in [0.3, 0.4) is 0 Å². The molecular formula is C14H10N2O3. The molecule has 0 saturated heterocycles. The van der Waals surface area contributed by atoms with Crippen LogP contribution >= 0.6 is 0 Å². The molecular weight excluding hydrogens is 244 g/mol. The van der Waals surface area contributed by atoms with Gasteiger partial charge in [-0.25, -0.2) is 4.79 Å². The second-order valence-corrected chi connectivity index (χ2v) is 4.25. The number of hydrogen-bond donors (Lipinski definition) is 3. The predicted molar refractivity (Wildman–Crippen MR) is 71.3 cm³/mol. The van der Waals surface area contributed by atoms with Gasteiger partial charge in [0.05, 0.1) is 16.6 Å². The number of nitrogens with two attached hydrogens (primary N) is 1. The van der Waals surface area contributed by atoms with Crippen molar-refractivity contribution in [2.75, 3.05) is 0 Å². The van der Waals surface area contributed by atoms with Crippen molar-refractivity contribution in [3.63, 3.8) is 0 Å². The SMILES string of the molecule is NC(=O)c1c(C(=O)O)ccc2c1[nH]c1ccccc12. The van der Waals surface area contributed by atoms with E-state index in [1.807, 2.05) is 24.3 Å². The Morgan fingerprint density at radius 3 is 2.47 bits per heavy atom. The number of H-pyrrole nitrogens is 1. The lowest BCUT2D eigenvalue weighted by molar-refractivity contribution is 0.0692. The maximum absolute atomic E-state index is 11.6. The first-order valence-electron chi connectivity index (χ1n) is 5.66. The van der Waals surface area contributed by atoms with Gasteiger partial charge in [-0.15, -0.1) is 0 Å². The molecule has 94 valence electrons. The van der Waals surface area contributed by atoms with Gasteiger partial charge in [0.15, 0.2) is 0 Å². The van der Waals surface area contributed by atoms with Crippen LogP contribution < -0.4 is 5.73 Å². The lowest BCUT2D eigenvalue weighted by Gasteiger charge is -2.03. The van der Waals surface area contributed by atoms with Crippen molar-refractivity contribution in [3.8, 4) is 0 Å². The lowest BCUT2D eigenvalue weighted by Crippen LogP contribution is -2.16. The highest BCUT2D eigenvalue weighted by Gasteiger charge is 2.19. The summed E-state index contributed by atoms with van der Waals surface area (Å²) >= 11 is 0. The molecule has 0 fully saturated rings. The van der Waals surface area contributed by atoms with Crippen LogP contribution in [0, 0.1) is 0 Å². The fraction of sp³-hybridized carbons (Fsp3) is 0. The van der Waals surface area contributed by atoms with Gasteiger partial charge in [-0.2, -0.15) is 0 Å². The summed E-state index contributed by atoms with van der Waals surface area (Å²) in [6.45, 7) is 0. The number of rotatable bonds is 2. The number of aromatic nitrogens is 1. The van der Waals surface area contributed by atoms with E-state index in [1.165, 1.54) is 6.07 Å². The summed E-state index contributed by atoms with van der Waals surface area (Å²) in [5.74, 6) is -1.93. The Morgan fingerprint density at radius 1 is 1.05 bits per heavy atom. The van der Waals surface area contributed by atoms with Gasteiger partial charge in [0, 0.05) is 16.3 Å². The molecule has 3 aromatic rings. The van der Waals surface area contributed by atoms with Crippen molar-refractivity contribution >= 4 is 33.7 Å². The number of para-hydroxylation sites is 1. The first-order chi connectivity index (χ1) is 9.09. The zero-order valence-electron chi connectivity index (χ0n) is 9.81. The van der Waals surface area contributed by atoms with Gasteiger partial charge in [-0.3, -0.25) is 4.79 Å². The molecule has 5 nitrogen and oxygen atoms in total. The highest BCUT2D eigenvalue weighted by atomic mass is 16.4. The Balaban J connectivity index is 2.52. The van der Waals surface area contributed by atoms with E-state index in [1.54, 1.807) is 6.07 Å². The van der Waals surface area contributed by atoms with Crippen LogP contribution in [-0.4, -0.2) is 22.0 Å². The highest BCUT2D eigenvalue weighted by molar-refractivity contribution is 6.18. The Bertz CT molecular complexity index is 833. The molecule has 0 saturated carbocycles. The molecule has 0 atom stereocenters. The molecule has 0 radical (unpaired) electrons. The van der Waals surface area contributed by atoms with Gasteiger partial charge in [0.2, 0.25) is 0 Å². The third kappa shape index (κ3) is 1.55. The molecule has 4 N–H and O–H groups in total. The summed E-state index contributed by atoms with van der Waals surface area (Å²) in [4.78, 5) is 25.8. The van der Waals surface area contributed by atoms with Gasteiger partial charge >= 0.3 is 5.97 Å². The van der Waals surface area contributed by atoms with Gasteiger partial charge in [0.1, 0.15) is 0 Å². The van der Waals surface area contributed by atoms with E-state index < -0.39 is 11.9 Å². The van der Waals surface area contributed by atoms with Crippen molar-refractivity contribution in [1.82, 2.24) is 4.98 Å². The molecule has 0 aliphatic carbocycles. The van der Waals surface area contributed by atoms with E-state index in [4.69, 9.17) is 10.8 Å². The van der Waals surface area contributed by atoms with E-state index in [0.717, 1.165) is 16.3 Å². The van der Waals surface area contributed by atoms with Crippen molar-refractivity contribution < 1.29 is 14.7 Å². The molecule has 0 bridgehead atoms. The molecule has 0 unspecified atom stereocenters. The average Bonchev–Trinajstić information content (AvgIpc) is 2.75. The summed E-state index contributed by atoms with van der Waals surface area (Å²) in [7, 11) is 0. The number of benzene rings is 2. The first kappa shape index (κ1) is 11.3. The molecule has 3 rings (SSSR count). The number of aromatic carboxylic acids is 1. The van der Waals surface area contributed by atoms with Crippen molar-refractivity contribution in [2.24, 2.45) is 5.73 Å². The third-order valence-electron chi connectivity index (χ3n) is 3.16. The maximum Gasteiger partial charge on any atom is 0.336 e. The van der Waals surface area contributed by atoms with E-state index in [0.29, 0.717) is 5.52 Å². The van der Waals surface area contributed by atoms with E-state index >= 15 is 0 Å². The summed E-state index contributed by atoms with van der Waals surface area (Å²) < 4.78 is 0. The largest absolute Gasteiger partial charge is 0.478 e. The molecule has 2 aromatic carbocycles. The summed E-state index contributed by atoms with van der Waals surface area (Å²) in [5.41, 5.74) is 6.54. The second-order valence-electron chi connectivity index (χ2n) is 4.25. The summed E-state index contributed by atoms with van der Waals surface area (Å²) in [6.07, 6.45) is 0. The Labute approximate surface area is 107 Å². The smallest absolute Gasteiger partial charge is 0.336 e. The Kier molecular flexibility index (Phi) is 2.28. The first-order valence-corrected chi connectivity index (χ1v) is 5.66. The zero-order valence-corrected chi connectivity index (χ0v) is 9.81. The maximum atomic E-state index is 11.6. The minimum absolute atomic E-state index is 0.0150.